The van der Waals surface area contributed by atoms with Gasteiger partial charge in [-0.3, -0.25) is 9.59 Å². The van der Waals surface area contributed by atoms with Gasteiger partial charge in [0.1, 0.15) is 11.6 Å². The van der Waals surface area contributed by atoms with Crippen molar-refractivity contribution >= 4 is 27.6 Å². The number of rotatable bonds is 7. The molecule has 1 heterocycles. The van der Waals surface area contributed by atoms with Crippen molar-refractivity contribution in [2.24, 2.45) is 5.92 Å². The molecule has 1 aliphatic rings. The maximum absolute atomic E-state index is 12.9. The Kier molecular flexibility index (Phi) is 7.24. The van der Waals surface area contributed by atoms with Crippen molar-refractivity contribution in [2.45, 2.75) is 17.7 Å². The van der Waals surface area contributed by atoms with Gasteiger partial charge in [-0.1, -0.05) is 0 Å². The summed E-state index contributed by atoms with van der Waals surface area (Å²) in [5.41, 5.74) is 0.372. The largest absolute Gasteiger partial charge is 0.497 e. The number of hydrogen-bond acceptors (Lipinski definition) is 6. The Balaban J connectivity index is 1.55. The Morgan fingerprint density at radius 1 is 1.13 bits per heavy atom. The van der Waals surface area contributed by atoms with Gasteiger partial charge >= 0.3 is 5.97 Å². The molecule has 1 saturated heterocycles. The van der Waals surface area contributed by atoms with Gasteiger partial charge in [-0.2, -0.15) is 4.31 Å². The molecule has 3 rings (SSSR count). The minimum Gasteiger partial charge on any atom is -0.497 e. The zero-order valence-electron chi connectivity index (χ0n) is 16.9. The Bertz CT molecular complexity index is 1020. The van der Waals surface area contributed by atoms with Crippen LogP contribution < -0.4 is 10.1 Å². The van der Waals surface area contributed by atoms with E-state index >= 15 is 0 Å². The minimum absolute atomic E-state index is 0.0211. The van der Waals surface area contributed by atoms with E-state index in [1.54, 1.807) is 12.1 Å². The first-order chi connectivity index (χ1) is 14.8. The molecule has 1 aliphatic heterocycles. The van der Waals surface area contributed by atoms with Gasteiger partial charge in [0.25, 0.3) is 5.91 Å². The summed E-state index contributed by atoms with van der Waals surface area (Å²) in [6.45, 7) is -0.242. The minimum atomic E-state index is -3.77. The molecule has 0 aliphatic carbocycles. The van der Waals surface area contributed by atoms with Gasteiger partial charge in [0.05, 0.1) is 17.9 Å². The van der Waals surface area contributed by atoms with Crippen LogP contribution in [-0.4, -0.2) is 51.4 Å². The molecule has 0 aromatic heterocycles. The summed E-state index contributed by atoms with van der Waals surface area (Å²) in [5.74, 6) is -1.77. The molecule has 2 aromatic rings. The second kappa shape index (κ2) is 9.88. The third-order valence-electron chi connectivity index (χ3n) is 4.89. The average Bonchev–Trinajstić information content (AvgIpc) is 2.79. The number of amides is 1. The molecular formula is C21H23FN2O6S. The van der Waals surface area contributed by atoms with Gasteiger partial charge in [-0.05, 0) is 61.4 Å². The van der Waals surface area contributed by atoms with Gasteiger partial charge in [0.2, 0.25) is 10.0 Å². The molecule has 10 heteroatoms. The molecule has 0 bridgehead atoms. The number of esters is 1. The zero-order chi connectivity index (χ0) is 22.4. The van der Waals surface area contributed by atoms with Crippen LogP contribution >= 0.6 is 0 Å². The summed E-state index contributed by atoms with van der Waals surface area (Å²) < 4.78 is 50.1. The monoisotopic (exact) mass is 450 g/mol. The SMILES string of the molecule is COc1ccc(S(=O)(=O)N2CCCC(C(=O)OCC(=O)Nc3ccc(F)cc3)C2)cc1. The van der Waals surface area contributed by atoms with E-state index in [0.29, 0.717) is 30.8 Å². The Morgan fingerprint density at radius 3 is 2.45 bits per heavy atom. The predicted molar refractivity (Wildman–Crippen MR) is 110 cm³/mol. The smallest absolute Gasteiger partial charge is 0.310 e. The highest BCUT2D eigenvalue weighted by Crippen LogP contribution is 2.25. The van der Waals surface area contributed by atoms with Gasteiger partial charge in [-0.15, -0.1) is 0 Å². The second-order valence-corrected chi connectivity index (χ2v) is 8.98. The number of carbonyl (C=O) groups is 2. The zero-order valence-corrected chi connectivity index (χ0v) is 17.7. The van der Waals surface area contributed by atoms with Crippen LogP contribution in [0.15, 0.2) is 53.4 Å². The van der Waals surface area contributed by atoms with E-state index < -0.39 is 40.2 Å². The lowest BCUT2D eigenvalue weighted by atomic mass is 10.00. The first kappa shape index (κ1) is 22.7. The van der Waals surface area contributed by atoms with E-state index in [4.69, 9.17) is 9.47 Å². The van der Waals surface area contributed by atoms with Gasteiger partial charge in [-0.25, -0.2) is 12.8 Å². The second-order valence-electron chi connectivity index (χ2n) is 7.04. The van der Waals surface area contributed by atoms with Gasteiger partial charge in [0, 0.05) is 18.8 Å². The molecule has 31 heavy (non-hydrogen) atoms. The number of ether oxygens (including phenoxy) is 2. The third-order valence-corrected chi connectivity index (χ3v) is 6.77. The first-order valence-corrected chi connectivity index (χ1v) is 11.1. The standard InChI is InChI=1S/C21H23FN2O6S/c1-29-18-8-10-19(11-9-18)31(27,28)24-12-2-3-15(13-24)21(26)30-14-20(25)23-17-6-4-16(22)5-7-17/h4-11,15H,2-3,12-14H2,1H3,(H,23,25). The number of anilines is 1. The number of piperidine rings is 1. The number of methoxy groups -OCH3 is 1. The molecule has 1 amide bonds. The van der Waals surface area contributed by atoms with Gasteiger partial charge < -0.3 is 14.8 Å². The van der Waals surface area contributed by atoms with Crippen molar-refractivity contribution in [1.82, 2.24) is 4.31 Å². The highest BCUT2D eigenvalue weighted by molar-refractivity contribution is 7.89. The number of benzene rings is 2. The molecule has 0 saturated carbocycles. The summed E-state index contributed by atoms with van der Waals surface area (Å²) in [6, 6.07) is 11.2. The maximum atomic E-state index is 12.9. The number of nitrogens with zero attached hydrogens (tertiary/aromatic N) is 1. The number of hydrogen-bond donors (Lipinski definition) is 1. The molecule has 1 fully saturated rings. The molecule has 0 spiro atoms. The summed E-state index contributed by atoms with van der Waals surface area (Å²) >= 11 is 0. The van der Waals surface area contributed by atoms with Gasteiger partial charge in [0.15, 0.2) is 6.61 Å². The molecule has 166 valence electrons. The summed E-state index contributed by atoms with van der Waals surface area (Å²) in [5, 5.41) is 2.49. The van der Waals surface area contributed by atoms with Crippen LogP contribution in [-0.2, 0) is 24.3 Å². The van der Waals surface area contributed by atoms with E-state index in [9.17, 15) is 22.4 Å². The summed E-state index contributed by atoms with van der Waals surface area (Å²) in [4.78, 5) is 24.5. The lowest BCUT2D eigenvalue weighted by Crippen LogP contribution is -2.43. The predicted octanol–water partition coefficient (Wildman–Crippen LogP) is 2.42. The Labute approximate surface area is 180 Å². The van der Waals surface area contributed by atoms with Crippen LogP contribution in [0, 0.1) is 11.7 Å². The van der Waals surface area contributed by atoms with Crippen LogP contribution in [0.2, 0.25) is 0 Å². The fourth-order valence-corrected chi connectivity index (χ4v) is 4.76. The topological polar surface area (TPSA) is 102 Å². The molecule has 2 aromatic carbocycles. The van der Waals surface area contributed by atoms with E-state index in [2.05, 4.69) is 5.32 Å². The molecule has 1 unspecified atom stereocenters. The number of carbonyl (C=O) groups excluding carboxylic acids is 2. The first-order valence-electron chi connectivity index (χ1n) is 9.66. The quantitative estimate of drug-likeness (QED) is 0.650. The Hall–Kier alpha value is -2.98. The van der Waals surface area contributed by atoms with E-state index in [1.165, 1.54) is 47.8 Å². The lowest BCUT2D eigenvalue weighted by Gasteiger charge is -2.30. The van der Waals surface area contributed by atoms with Crippen LogP contribution in [0.3, 0.4) is 0 Å². The van der Waals surface area contributed by atoms with Crippen molar-refractivity contribution in [1.29, 1.82) is 0 Å². The highest BCUT2D eigenvalue weighted by Gasteiger charge is 2.34. The van der Waals surface area contributed by atoms with Crippen LogP contribution in [0.4, 0.5) is 10.1 Å². The fourth-order valence-electron chi connectivity index (χ4n) is 3.23. The molecule has 0 radical (unpaired) electrons. The molecular weight excluding hydrogens is 427 g/mol. The molecule has 8 nitrogen and oxygen atoms in total. The fraction of sp³-hybridized carbons (Fsp3) is 0.333. The van der Waals surface area contributed by atoms with Crippen molar-refractivity contribution in [2.75, 3.05) is 32.1 Å². The van der Waals surface area contributed by atoms with Crippen molar-refractivity contribution in [3.8, 4) is 5.75 Å². The van der Waals surface area contributed by atoms with E-state index in [0.717, 1.165) is 0 Å². The van der Waals surface area contributed by atoms with Crippen molar-refractivity contribution < 1.29 is 31.9 Å². The van der Waals surface area contributed by atoms with E-state index in [1.807, 2.05) is 0 Å². The van der Waals surface area contributed by atoms with Crippen molar-refractivity contribution in [3.63, 3.8) is 0 Å². The lowest BCUT2D eigenvalue weighted by molar-refractivity contribution is -0.152. The average molecular weight is 450 g/mol. The number of sulfonamides is 1. The maximum Gasteiger partial charge on any atom is 0.310 e. The highest BCUT2D eigenvalue weighted by atomic mass is 32.2. The number of nitrogens with one attached hydrogen (secondary N) is 1. The Morgan fingerprint density at radius 2 is 1.81 bits per heavy atom. The van der Waals surface area contributed by atoms with Crippen LogP contribution in [0.25, 0.3) is 0 Å². The van der Waals surface area contributed by atoms with Crippen LogP contribution in [0.5, 0.6) is 5.75 Å². The van der Waals surface area contributed by atoms with E-state index in [-0.39, 0.29) is 11.4 Å². The van der Waals surface area contributed by atoms with Crippen LogP contribution in [0.1, 0.15) is 12.8 Å². The molecule has 1 atom stereocenters. The summed E-state index contributed by atoms with van der Waals surface area (Å²) in [7, 11) is -2.28. The van der Waals surface area contributed by atoms with Crippen molar-refractivity contribution in [3.05, 3.63) is 54.3 Å². The third kappa shape index (κ3) is 5.80. The summed E-state index contributed by atoms with van der Waals surface area (Å²) in [6.07, 6.45) is 0.962. The number of halogens is 1. The molecule has 1 N–H and O–H groups in total. The normalized spacial score (nSPS) is 17.0.